The van der Waals surface area contributed by atoms with Crippen LogP contribution >= 0.6 is 11.6 Å². The molecule has 1 nitrogen and oxygen atoms in total. The van der Waals surface area contributed by atoms with Crippen LogP contribution in [0.2, 0.25) is 5.02 Å². The highest BCUT2D eigenvalue weighted by molar-refractivity contribution is 6.31. The molecule has 0 radical (unpaired) electrons. The summed E-state index contributed by atoms with van der Waals surface area (Å²) in [5.41, 5.74) is 0.716. The summed E-state index contributed by atoms with van der Waals surface area (Å²) < 4.78 is 44.9. The lowest BCUT2D eigenvalue weighted by Crippen LogP contribution is -2.01. The third kappa shape index (κ3) is 3.70. The molecule has 112 valence electrons. The molecule has 0 atom stereocenters. The minimum Gasteiger partial charge on any atom is -0.489 e. The second-order valence-corrected chi connectivity index (χ2v) is 4.91. The lowest BCUT2D eigenvalue weighted by molar-refractivity contribution is 0.149. The molecular formula is C16H14ClF3O. The van der Waals surface area contributed by atoms with Crippen molar-refractivity contribution >= 4 is 11.6 Å². The van der Waals surface area contributed by atoms with Crippen molar-refractivity contribution in [3.8, 4) is 5.75 Å². The SMILES string of the molecule is CCc1ccc(OCc2c(F)cccc2Cl)cc1C(F)F. The fraction of sp³-hybridized carbons (Fsp3) is 0.250. The Morgan fingerprint density at radius 3 is 2.57 bits per heavy atom. The van der Waals surface area contributed by atoms with Gasteiger partial charge in [0.2, 0.25) is 0 Å². The quantitative estimate of drug-likeness (QED) is 0.702. The predicted molar refractivity (Wildman–Crippen MR) is 76.5 cm³/mol. The molecule has 0 spiro atoms. The highest BCUT2D eigenvalue weighted by atomic mass is 35.5. The Balaban J connectivity index is 2.19. The summed E-state index contributed by atoms with van der Waals surface area (Å²) in [6, 6.07) is 8.80. The van der Waals surface area contributed by atoms with Crippen molar-refractivity contribution in [2.24, 2.45) is 0 Å². The van der Waals surface area contributed by atoms with Crippen molar-refractivity contribution in [2.45, 2.75) is 26.4 Å². The number of aryl methyl sites for hydroxylation is 1. The molecule has 0 unspecified atom stereocenters. The monoisotopic (exact) mass is 314 g/mol. The summed E-state index contributed by atoms with van der Waals surface area (Å²) in [6.45, 7) is 1.69. The molecule has 0 aliphatic carbocycles. The van der Waals surface area contributed by atoms with Crippen molar-refractivity contribution in [2.75, 3.05) is 0 Å². The van der Waals surface area contributed by atoms with Crippen molar-refractivity contribution in [1.29, 1.82) is 0 Å². The Bertz CT molecular complexity index is 609. The molecular weight excluding hydrogens is 301 g/mol. The maximum absolute atomic E-state index is 13.6. The highest BCUT2D eigenvalue weighted by Gasteiger charge is 2.14. The lowest BCUT2D eigenvalue weighted by Gasteiger charge is -2.12. The van der Waals surface area contributed by atoms with Crippen molar-refractivity contribution in [3.05, 3.63) is 63.9 Å². The zero-order valence-corrected chi connectivity index (χ0v) is 12.1. The highest BCUT2D eigenvalue weighted by Crippen LogP contribution is 2.28. The Labute approximate surface area is 126 Å². The van der Waals surface area contributed by atoms with E-state index >= 15 is 0 Å². The van der Waals surface area contributed by atoms with Crippen LogP contribution in [0.25, 0.3) is 0 Å². The van der Waals surface area contributed by atoms with Crippen molar-refractivity contribution in [3.63, 3.8) is 0 Å². The van der Waals surface area contributed by atoms with Gasteiger partial charge in [0.25, 0.3) is 6.43 Å². The van der Waals surface area contributed by atoms with E-state index in [2.05, 4.69) is 0 Å². The van der Waals surface area contributed by atoms with Gasteiger partial charge in [0.1, 0.15) is 18.2 Å². The zero-order valence-electron chi connectivity index (χ0n) is 11.4. The fourth-order valence-electron chi connectivity index (χ4n) is 2.01. The molecule has 2 aromatic carbocycles. The Morgan fingerprint density at radius 1 is 1.19 bits per heavy atom. The Hall–Kier alpha value is -1.68. The van der Waals surface area contributed by atoms with Crippen molar-refractivity contribution in [1.82, 2.24) is 0 Å². The number of ether oxygens (including phenoxy) is 1. The van der Waals surface area contributed by atoms with Crippen molar-refractivity contribution < 1.29 is 17.9 Å². The second kappa shape index (κ2) is 6.85. The third-order valence-corrected chi connectivity index (χ3v) is 3.53. The minimum absolute atomic E-state index is 0.0605. The summed E-state index contributed by atoms with van der Waals surface area (Å²) >= 11 is 5.89. The molecule has 0 heterocycles. The van der Waals surface area contributed by atoms with Gasteiger partial charge >= 0.3 is 0 Å². The van der Waals surface area contributed by atoms with E-state index < -0.39 is 12.2 Å². The first-order valence-corrected chi connectivity index (χ1v) is 6.87. The van der Waals surface area contributed by atoms with Crippen LogP contribution in [-0.4, -0.2) is 0 Å². The van der Waals surface area contributed by atoms with Gasteiger partial charge < -0.3 is 4.74 Å². The second-order valence-electron chi connectivity index (χ2n) is 4.50. The molecule has 2 rings (SSSR count). The van der Waals surface area contributed by atoms with E-state index in [1.54, 1.807) is 25.1 Å². The van der Waals surface area contributed by atoms with Crippen LogP contribution < -0.4 is 4.74 Å². The molecule has 2 aromatic rings. The lowest BCUT2D eigenvalue weighted by atomic mass is 10.1. The zero-order chi connectivity index (χ0) is 15.4. The Kier molecular flexibility index (Phi) is 5.12. The average molecular weight is 315 g/mol. The van der Waals surface area contributed by atoms with Gasteiger partial charge in [-0.15, -0.1) is 0 Å². The first kappa shape index (κ1) is 15.7. The molecule has 0 saturated carbocycles. The van der Waals surface area contributed by atoms with Crippen LogP contribution in [0.4, 0.5) is 13.2 Å². The summed E-state index contributed by atoms with van der Waals surface area (Å²) in [5, 5.41) is 0.245. The summed E-state index contributed by atoms with van der Waals surface area (Å²) in [5.74, 6) is -0.219. The molecule has 0 aliphatic heterocycles. The Morgan fingerprint density at radius 2 is 1.95 bits per heavy atom. The van der Waals surface area contributed by atoms with Crippen LogP contribution in [0.1, 0.15) is 30.0 Å². The number of hydrogen-bond donors (Lipinski definition) is 0. The fourth-order valence-corrected chi connectivity index (χ4v) is 2.23. The molecule has 0 saturated heterocycles. The van der Waals surface area contributed by atoms with E-state index in [-0.39, 0.29) is 28.5 Å². The molecule has 0 aliphatic rings. The standard InChI is InChI=1S/C16H14ClF3O/c1-2-10-6-7-11(8-12(10)16(19)20)21-9-13-14(17)4-3-5-15(13)18/h3-8,16H,2,9H2,1H3. The molecule has 21 heavy (non-hydrogen) atoms. The number of hydrogen-bond acceptors (Lipinski definition) is 1. The van der Waals surface area contributed by atoms with Gasteiger partial charge in [0.15, 0.2) is 0 Å². The van der Waals surface area contributed by atoms with Crippen LogP contribution in [-0.2, 0) is 13.0 Å². The molecule has 0 aromatic heterocycles. The van der Waals surface area contributed by atoms with Gasteiger partial charge in [-0.25, -0.2) is 13.2 Å². The van der Waals surface area contributed by atoms with Crippen LogP contribution in [0.5, 0.6) is 5.75 Å². The van der Waals surface area contributed by atoms with Gasteiger partial charge in [-0.05, 0) is 36.2 Å². The summed E-state index contributed by atoms with van der Waals surface area (Å²) in [7, 11) is 0. The van der Waals surface area contributed by atoms with E-state index in [0.29, 0.717) is 12.0 Å². The largest absolute Gasteiger partial charge is 0.489 e. The smallest absolute Gasteiger partial charge is 0.264 e. The number of alkyl halides is 2. The maximum Gasteiger partial charge on any atom is 0.264 e. The van der Waals surface area contributed by atoms with Gasteiger partial charge in [0.05, 0.1) is 5.02 Å². The van der Waals surface area contributed by atoms with Gasteiger partial charge in [-0.2, -0.15) is 0 Å². The van der Waals surface area contributed by atoms with E-state index in [4.69, 9.17) is 16.3 Å². The normalized spacial score (nSPS) is 11.0. The maximum atomic E-state index is 13.6. The molecule has 0 fully saturated rings. The van der Waals surface area contributed by atoms with E-state index in [1.807, 2.05) is 0 Å². The summed E-state index contributed by atoms with van der Waals surface area (Å²) in [6.07, 6.45) is -2.06. The van der Waals surface area contributed by atoms with Crippen LogP contribution in [0.15, 0.2) is 36.4 Å². The average Bonchev–Trinajstić information content (AvgIpc) is 2.46. The number of benzene rings is 2. The number of halogens is 4. The van der Waals surface area contributed by atoms with E-state index in [1.165, 1.54) is 18.2 Å². The van der Waals surface area contributed by atoms with Gasteiger partial charge in [0, 0.05) is 11.1 Å². The molecule has 0 amide bonds. The van der Waals surface area contributed by atoms with Gasteiger partial charge in [-0.1, -0.05) is 30.7 Å². The molecule has 0 bridgehead atoms. The van der Waals surface area contributed by atoms with Crippen LogP contribution in [0, 0.1) is 5.82 Å². The topological polar surface area (TPSA) is 9.23 Å². The van der Waals surface area contributed by atoms with E-state index in [0.717, 1.165) is 0 Å². The first-order valence-electron chi connectivity index (χ1n) is 6.49. The predicted octanol–water partition coefficient (Wildman–Crippen LogP) is 5.56. The van der Waals surface area contributed by atoms with E-state index in [9.17, 15) is 13.2 Å². The number of rotatable bonds is 5. The summed E-state index contributed by atoms with van der Waals surface area (Å²) in [4.78, 5) is 0. The molecule has 0 N–H and O–H groups in total. The minimum atomic E-state index is -2.57. The third-order valence-electron chi connectivity index (χ3n) is 3.18. The molecule has 5 heteroatoms. The van der Waals surface area contributed by atoms with Gasteiger partial charge in [-0.3, -0.25) is 0 Å². The first-order chi connectivity index (χ1) is 10.0. The van der Waals surface area contributed by atoms with Crippen LogP contribution in [0.3, 0.4) is 0 Å².